The van der Waals surface area contributed by atoms with E-state index in [1.807, 2.05) is 19.1 Å². The molecule has 83 valence electrons. The fraction of sp³-hybridized carbons (Fsp3) is 0.0667. The minimum Gasteiger partial charge on any atom is -0.289 e. The van der Waals surface area contributed by atoms with Crippen LogP contribution in [0.15, 0.2) is 48.5 Å². The molecule has 0 aromatic heterocycles. The van der Waals surface area contributed by atoms with Crippen LogP contribution in [-0.2, 0) is 4.79 Å². The molecule has 17 heavy (non-hydrogen) atoms. The van der Waals surface area contributed by atoms with Gasteiger partial charge in [0.15, 0.2) is 5.78 Å². The minimum atomic E-state index is -0.149. The van der Waals surface area contributed by atoms with Gasteiger partial charge in [-0.05, 0) is 6.92 Å². The van der Waals surface area contributed by atoms with Crippen LogP contribution in [0.25, 0.3) is 0 Å². The molecule has 2 aromatic carbocycles. The van der Waals surface area contributed by atoms with Crippen molar-refractivity contribution in [1.82, 2.24) is 0 Å². The van der Waals surface area contributed by atoms with Crippen LogP contribution in [0.3, 0.4) is 0 Å². The highest BCUT2D eigenvalue weighted by molar-refractivity contribution is 6.12. The minimum absolute atomic E-state index is 0.149. The average Bonchev–Trinajstić information content (AvgIpc) is 2.39. The lowest BCUT2D eigenvalue weighted by atomic mass is 9.98. The Morgan fingerprint density at radius 3 is 2.29 bits per heavy atom. The molecule has 2 rings (SSSR count). The van der Waals surface area contributed by atoms with Crippen molar-refractivity contribution in [3.8, 4) is 0 Å². The number of aryl methyl sites for hydroxylation is 1. The summed E-state index contributed by atoms with van der Waals surface area (Å²) >= 11 is 0. The first-order valence-corrected chi connectivity index (χ1v) is 5.31. The first-order valence-electron chi connectivity index (χ1n) is 5.31. The zero-order chi connectivity index (χ0) is 12.3. The Hall–Kier alpha value is -2.22. The Labute approximate surface area is 99.9 Å². The summed E-state index contributed by atoms with van der Waals surface area (Å²) in [5.41, 5.74) is 2.37. The van der Waals surface area contributed by atoms with Gasteiger partial charge in [-0.1, -0.05) is 54.1 Å². The first kappa shape index (κ1) is 11.3. The van der Waals surface area contributed by atoms with E-state index in [-0.39, 0.29) is 5.78 Å². The molecule has 0 aliphatic rings. The van der Waals surface area contributed by atoms with Crippen molar-refractivity contribution in [3.05, 3.63) is 70.8 Å². The molecule has 0 saturated carbocycles. The number of rotatable bonds is 3. The van der Waals surface area contributed by atoms with E-state index >= 15 is 0 Å². The topological polar surface area (TPSA) is 34.1 Å². The summed E-state index contributed by atoms with van der Waals surface area (Å²) in [6.45, 7) is 1.96. The number of carbonyl (C=O) groups is 1. The Morgan fingerprint density at radius 2 is 1.65 bits per heavy atom. The molecular weight excluding hydrogens is 212 g/mol. The predicted molar refractivity (Wildman–Crippen MR) is 65.8 cm³/mol. The van der Waals surface area contributed by atoms with Gasteiger partial charge in [0.2, 0.25) is 6.29 Å². The summed E-state index contributed by atoms with van der Waals surface area (Å²) in [6, 6.07) is 14.0. The third-order valence-corrected chi connectivity index (χ3v) is 2.60. The van der Waals surface area contributed by atoms with Crippen LogP contribution in [0, 0.1) is 6.92 Å². The number of ketones is 1. The van der Waals surface area contributed by atoms with Crippen LogP contribution in [-0.4, -0.2) is 12.1 Å². The molecule has 0 aliphatic heterocycles. The zero-order valence-electron chi connectivity index (χ0n) is 9.44. The lowest BCUT2D eigenvalue weighted by molar-refractivity contribution is 0.103. The largest absolute Gasteiger partial charge is 0.289 e. The molecule has 0 bridgehead atoms. The lowest BCUT2D eigenvalue weighted by Crippen LogP contribution is -2.04. The van der Waals surface area contributed by atoms with Crippen molar-refractivity contribution in [2.45, 2.75) is 6.92 Å². The van der Waals surface area contributed by atoms with Crippen molar-refractivity contribution in [1.29, 1.82) is 0 Å². The van der Waals surface area contributed by atoms with Crippen LogP contribution in [0.4, 0.5) is 0 Å². The Morgan fingerprint density at radius 1 is 1.00 bits per heavy atom. The number of hydrogen-bond acceptors (Lipinski definition) is 2. The summed E-state index contributed by atoms with van der Waals surface area (Å²) < 4.78 is 0. The molecule has 0 aliphatic carbocycles. The normalized spacial score (nSPS) is 9.94. The standard InChI is InChI=1S/C15H11O2/c1-11-6-8-12(9-7-11)15(17)14-5-3-2-4-13(14)10-16/h2-9H,1H3. The van der Waals surface area contributed by atoms with Crippen molar-refractivity contribution in [2.75, 3.05) is 0 Å². The molecule has 2 aromatic rings. The third-order valence-electron chi connectivity index (χ3n) is 2.60. The van der Waals surface area contributed by atoms with Gasteiger partial charge in [0, 0.05) is 16.7 Å². The van der Waals surface area contributed by atoms with E-state index in [1.54, 1.807) is 42.7 Å². The van der Waals surface area contributed by atoms with Gasteiger partial charge in [0.05, 0.1) is 0 Å². The van der Waals surface area contributed by atoms with Crippen molar-refractivity contribution >= 4 is 12.1 Å². The van der Waals surface area contributed by atoms with Crippen molar-refractivity contribution < 1.29 is 9.59 Å². The Balaban J connectivity index is 2.43. The van der Waals surface area contributed by atoms with Gasteiger partial charge in [-0.25, -0.2) is 0 Å². The van der Waals surface area contributed by atoms with Gasteiger partial charge in [0.25, 0.3) is 0 Å². The molecule has 0 amide bonds. The molecular formula is C15H11O2. The average molecular weight is 223 g/mol. The Kier molecular flexibility index (Phi) is 3.15. The maximum atomic E-state index is 12.2. The van der Waals surface area contributed by atoms with Crippen LogP contribution in [0.1, 0.15) is 27.0 Å². The summed E-state index contributed by atoms with van der Waals surface area (Å²) in [5.74, 6) is -0.149. The highest BCUT2D eigenvalue weighted by atomic mass is 16.1. The zero-order valence-corrected chi connectivity index (χ0v) is 9.44. The summed E-state index contributed by atoms with van der Waals surface area (Å²) in [7, 11) is 0. The summed E-state index contributed by atoms with van der Waals surface area (Å²) in [5, 5.41) is 0. The smallest absolute Gasteiger partial charge is 0.234 e. The Bertz CT molecular complexity index is 553. The highest BCUT2D eigenvalue weighted by Gasteiger charge is 2.12. The maximum Gasteiger partial charge on any atom is 0.234 e. The fourth-order valence-electron chi connectivity index (χ4n) is 1.63. The van der Waals surface area contributed by atoms with Gasteiger partial charge >= 0.3 is 0 Å². The number of carbonyl (C=O) groups excluding carboxylic acids is 2. The molecule has 0 fully saturated rings. The van der Waals surface area contributed by atoms with Crippen molar-refractivity contribution in [2.24, 2.45) is 0 Å². The van der Waals surface area contributed by atoms with E-state index in [9.17, 15) is 9.59 Å². The van der Waals surface area contributed by atoms with Crippen LogP contribution >= 0.6 is 0 Å². The second-order valence-electron chi connectivity index (χ2n) is 3.84. The van der Waals surface area contributed by atoms with Crippen molar-refractivity contribution in [3.63, 3.8) is 0 Å². The van der Waals surface area contributed by atoms with Gasteiger partial charge in [-0.3, -0.25) is 9.59 Å². The molecule has 0 N–H and O–H groups in total. The molecule has 0 heterocycles. The van der Waals surface area contributed by atoms with Gasteiger partial charge < -0.3 is 0 Å². The molecule has 2 heteroatoms. The van der Waals surface area contributed by atoms with E-state index < -0.39 is 0 Å². The van der Waals surface area contributed by atoms with Gasteiger partial charge in [-0.15, -0.1) is 0 Å². The molecule has 0 spiro atoms. The highest BCUT2D eigenvalue weighted by Crippen LogP contribution is 2.13. The van der Waals surface area contributed by atoms with Gasteiger partial charge in [0.1, 0.15) is 0 Å². The molecule has 0 unspecified atom stereocenters. The van der Waals surface area contributed by atoms with E-state index in [0.29, 0.717) is 16.7 Å². The van der Waals surface area contributed by atoms with Crippen LogP contribution in [0.2, 0.25) is 0 Å². The summed E-state index contributed by atoms with van der Waals surface area (Å²) in [6.07, 6.45) is 1.79. The second-order valence-corrected chi connectivity index (χ2v) is 3.84. The summed E-state index contributed by atoms with van der Waals surface area (Å²) in [4.78, 5) is 22.9. The van der Waals surface area contributed by atoms with E-state index in [0.717, 1.165) is 5.56 Å². The predicted octanol–water partition coefficient (Wildman–Crippen LogP) is 2.68. The first-order chi connectivity index (χ1) is 8.22. The fourth-order valence-corrected chi connectivity index (χ4v) is 1.63. The molecule has 1 radical (unpaired) electrons. The monoisotopic (exact) mass is 223 g/mol. The van der Waals surface area contributed by atoms with Crippen LogP contribution < -0.4 is 0 Å². The molecule has 2 nitrogen and oxygen atoms in total. The quantitative estimate of drug-likeness (QED) is 0.750. The van der Waals surface area contributed by atoms with Crippen LogP contribution in [0.5, 0.6) is 0 Å². The number of hydrogen-bond donors (Lipinski definition) is 0. The second kappa shape index (κ2) is 4.74. The lowest BCUT2D eigenvalue weighted by Gasteiger charge is -2.03. The number of benzene rings is 2. The third kappa shape index (κ3) is 2.31. The van der Waals surface area contributed by atoms with Gasteiger partial charge in [-0.2, -0.15) is 0 Å². The molecule has 0 atom stereocenters. The molecule has 0 saturated heterocycles. The maximum absolute atomic E-state index is 12.2. The van der Waals surface area contributed by atoms with E-state index in [1.165, 1.54) is 0 Å². The van der Waals surface area contributed by atoms with E-state index in [4.69, 9.17) is 0 Å². The SMILES string of the molecule is Cc1ccc(C(=O)c2ccccc2[C]=O)cc1. The van der Waals surface area contributed by atoms with E-state index in [2.05, 4.69) is 0 Å².